The van der Waals surface area contributed by atoms with Gasteiger partial charge in [0.1, 0.15) is 0 Å². The summed E-state index contributed by atoms with van der Waals surface area (Å²) in [5.41, 5.74) is 5.92. The fourth-order valence-corrected chi connectivity index (χ4v) is 7.54. The average Bonchev–Trinajstić information content (AvgIpc) is 2.98. The van der Waals surface area contributed by atoms with E-state index >= 15 is 0 Å². The van der Waals surface area contributed by atoms with Gasteiger partial charge in [-0.1, -0.05) is 139 Å². The third-order valence-corrected chi connectivity index (χ3v) is 10.2. The number of unbranched alkanes of at least 4 members (excludes halogenated alkanes) is 8. The normalized spacial score (nSPS) is 23.9. The maximum atomic E-state index is 2.43. The average molecular weight is 515 g/mol. The van der Waals surface area contributed by atoms with Crippen LogP contribution in [-0.4, -0.2) is 0 Å². The first-order chi connectivity index (χ1) is 18.8. The summed E-state index contributed by atoms with van der Waals surface area (Å²) >= 11 is 0. The molecule has 0 spiro atoms. The van der Waals surface area contributed by atoms with Crippen LogP contribution in [0.4, 0.5) is 0 Å². The summed E-state index contributed by atoms with van der Waals surface area (Å²) in [4.78, 5) is 0. The molecular formula is C38H58. The van der Waals surface area contributed by atoms with E-state index in [2.05, 4.69) is 62.4 Å². The second kappa shape index (κ2) is 16.5. The van der Waals surface area contributed by atoms with E-state index in [4.69, 9.17) is 0 Å². The molecule has 0 amide bonds. The smallest absolute Gasteiger partial charge is 0.0162 e. The van der Waals surface area contributed by atoms with Gasteiger partial charge < -0.3 is 0 Å². The monoisotopic (exact) mass is 514 g/mol. The zero-order valence-electron chi connectivity index (χ0n) is 25.1. The fourth-order valence-electron chi connectivity index (χ4n) is 7.54. The van der Waals surface area contributed by atoms with Crippen LogP contribution in [0.3, 0.4) is 0 Å². The van der Waals surface area contributed by atoms with Crippen molar-refractivity contribution >= 4 is 0 Å². The molecule has 2 aliphatic carbocycles. The van der Waals surface area contributed by atoms with Crippen LogP contribution in [0, 0.1) is 11.8 Å². The molecule has 0 bridgehead atoms. The highest BCUT2D eigenvalue weighted by Gasteiger charge is 2.23. The molecule has 2 aromatic rings. The molecule has 210 valence electrons. The summed E-state index contributed by atoms with van der Waals surface area (Å²) in [6, 6.07) is 19.3. The Hall–Kier alpha value is -1.56. The minimum Gasteiger partial charge on any atom is -0.0654 e. The molecule has 2 saturated carbocycles. The lowest BCUT2D eigenvalue weighted by molar-refractivity contribution is 0.302. The summed E-state index contributed by atoms with van der Waals surface area (Å²) in [7, 11) is 0. The number of hydrogen-bond donors (Lipinski definition) is 0. The first kappa shape index (κ1) is 29.4. The molecule has 0 heteroatoms. The van der Waals surface area contributed by atoms with Crippen LogP contribution in [0.25, 0.3) is 11.1 Å². The van der Waals surface area contributed by atoms with Gasteiger partial charge in [-0.15, -0.1) is 0 Å². The van der Waals surface area contributed by atoms with Crippen LogP contribution in [-0.2, 0) is 0 Å². The van der Waals surface area contributed by atoms with Gasteiger partial charge in [0.25, 0.3) is 0 Å². The maximum absolute atomic E-state index is 2.43. The Morgan fingerprint density at radius 1 is 0.421 bits per heavy atom. The summed E-state index contributed by atoms with van der Waals surface area (Å²) < 4.78 is 0. The highest BCUT2D eigenvalue weighted by molar-refractivity contribution is 5.64. The lowest BCUT2D eigenvalue weighted by Crippen LogP contribution is -2.13. The molecule has 0 heterocycles. The molecule has 4 rings (SSSR count). The van der Waals surface area contributed by atoms with Crippen molar-refractivity contribution in [3.05, 3.63) is 59.7 Å². The lowest BCUT2D eigenvalue weighted by Gasteiger charge is -2.29. The van der Waals surface area contributed by atoms with Crippen molar-refractivity contribution in [1.29, 1.82) is 0 Å². The topological polar surface area (TPSA) is 0 Å². The molecule has 2 aromatic carbocycles. The van der Waals surface area contributed by atoms with Gasteiger partial charge in [0.15, 0.2) is 0 Å². The van der Waals surface area contributed by atoms with Crippen molar-refractivity contribution in [2.24, 2.45) is 11.8 Å². The Morgan fingerprint density at radius 2 is 0.763 bits per heavy atom. The zero-order chi connectivity index (χ0) is 26.4. The van der Waals surface area contributed by atoms with Crippen LogP contribution < -0.4 is 0 Å². The molecule has 38 heavy (non-hydrogen) atoms. The van der Waals surface area contributed by atoms with Crippen LogP contribution in [0.1, 0.15) is 165 Å². The van der Waals surface area contributed by atoms with Crippen LogP contribution in [0.5, 0.6) is 0 Å². The minimum absolute atomic E-state index is 0.786. The quantitative estimate of drug-likeness (QED) is 0.207. The first-order valence-corrected chi connectivity index (χ1v) is 17.0. The van der Waals surface area contributed by atoms with E-state index in [1.807, 2.05) is 0 Å². The second-order valence-corrected chi connectivity index (χ2v) is 13.1. The molecule has 0 radical (unpaired) electrons. The van der Waals surface area contributed by atoms with E-state index in [0.717, 1.165) is 23.7 Å². The molecular weight excluding hydrogens is 456 g/mol. The van der Waals surface area contributed by atoms with Crippen molar-refractivity contribution in [1.82, 2.24) is 0 Å². The van der Waals surface area contributed by atoms with Gasteiger partial charge >= 0.3 is 0 Å². The lowest BCUT2D eigenvalue weighted by atomic mass is 9.76. The van der Waals surface area contributed by atoms with E-state index < -0.39 is 0 Å². The van der Waals surface area contributed by atoms with E-state index in [1.165, 1.54) is 140 Å². The summed E-state index contributed by atoms with van der Waals surface area (Å²) in [6.07, 6.45) is 28.6. The molecule has 2 fully saturated rings. The van der Waals surface area contributed by atoms with E-state index in [1.54, 1.807) is 11.1 Å². The molecule has 0 unspecified atom stereocenters. The van der Waals surface area contributed by atoms with Gasteiger partial charge in [-0.05, 0) is 97.3 Å². The van der Waals surface area contributed by atoms with Crippen molar-refractivity contribution in [2.75, 3.05) is 0 Å². The fraction of sp³-hybridized carbons (Fsp3) is 0.684. The SMILES string of the molecule is CCCCCCCC[C@H]1CC[C@H](c2ccc(-c3ccc([C@H]4CC[C@H](CCCCCC)CC4)cc3)cc2)CC1. The molecule has 2 aliphatic rings. The maximum Gasteiger partial charge on any atom is -0.0162 e. The molecule has 0 N–H and O–H groups in total. The Balaban J connectivity index is 1.18. The van der Waals surface area contributed by atoms with E-state index in [-0.39, 0.29) is 0 Å². The molecule has 0 aromatic heterocycles. The van der Waals surface area contributed by atoms with Crippen LogP contribution in [0.2, 0.25) is 0 Å². The van der Waals surface area contributed by atoms with Crippen molar-refractivity contribution in [2.45, 2.75) is 154 Å². The zero-order valence-corrected chi connectivity index (χ0v) is 25.1. The van der Waals surface area contributed by atoms with Crippen LogP contribution >= 0.6 is 0 Å². The van der Waals surface area contributed by atoms with Gasteiger partial charge in [-0.25, -0.2) is 0 Å². The first-order valence-electron chi connectivity index (χ1n) is 17.0. The molecule has 0 aliphatic heterocycles. The van der Waals surface area contributed by atoms with Crippen LogP contribution in [0.15, 0.2) is 48.5 Å². The van der Waals surface area contributed by atoms with Crippen molar-refractivity contribution < 1.29 is 0 Å². The Bertz CT molecular complexity index is 859. The van der Waals surface area contributed by atoms with Gasteiger partial charge in [0.05, 0.1) is 0 Å². The van der Waals surface area contributed by atoms with Gasteiger partial charge in [0.2, 0.25) is 0 Å². The van der Waals surface area contributed by atoms with Crippen molar-refractivity contribution in [3.63, 3.8) is 0 Å². The van der Waals surface area contributed by atoms with Gasteiger partial charge in [-0.2, -0.15) is 0 Å². The summed E-state index contributed by atoms with van der Waals surface area (Å²) in [5, 5.41) is 0. The number of hydrogen-bond acceptors (Lipinski definition) is 0. The molecule has 0 saturated heterocycles. The number of benzene rings is 2. The largest absolute Gasteiger partial charge is 0.0654 e. The third-order valence-electron chi connectivity index (χ3n) is 10.2. The Kier molecular flexibility index (Phi) is 12.8. The van der Waals surface area contributed by atoms with Crippen molar-refractivity contribution in [3.8, 4) is 11.1 Å². The Morgan fingerprint density at radius 3 is 1.16 bits per heavy atom. The van der Waals surface area contributed by atoms with E-state index in [9.17, 15) is 0 Å². The van der Waals surface area contributed by atoms with Gasteiger partial charge in [0, 0.05) is 0 Å². The Labute approximate surface area is 236 Å². The summed E-state index contributed by atoms with van der Waals surface area (Å²) in [6.45, 7) is 4.62. The standard InChI is InChI=1S/C38H58/c1-3-5-7-9-10-12-14-32-17-21-34(22-18-32)36-25-29-38(30-26-36)37-27-23-35(24-28-37)33-19-15-31(16-20-33)13-11-8-6-4-2/h23-34H,3-22H2,1-2H3/t31-,32-,33-,34-. The van der Waals surface area contributed by atoms with E-state index in [0.29, 0.717) is 0 Å². The highest BCUT2D eigenvalue weighted by Crippen LogP contribution is 2.40. The molecule has 0 atom stereocenters. The summed E-state index contributed by atoms with van der Waals surface area (Å²) in [5.74, 6) is 3.57. The highest BCUT2D eigenvalue weighted by atomic mass is 14.3. The second-order valence-electron chi connectivity index (χ2n) is 13.1. The minimum atomic E-state index is 0.786. The van der Waals surface area contributed by atoms with Gasteiger partial charge in [-0.3, -0.25) is 0 Å². The molecule has 0 nitrogen and oxygen atoms in total. The predicted molar refractivity (Wildman–Crippen MR) is 168 cm³/mol. The number of rotatable bonds is 15. The third kappa shape index (κ3) is 9.27. The predicted octanol–water partition coefficient (Wildman–Crippen LogP) is 12.6.